The molecule has 0 radical (unpaired) electrons. The second-order valence-corrected chi connectivity index (χ2v) is 9.79. The largest absolute Gasteiger partial charge is 0.496 e. The third-order valence-electron chi connectivity index (χ3n) is 4.74. The molecule has 0 aliphatic carbocycles. The molecule has 1 N–H and O–H groups in total. The van der Waals surface area contributed by atoms with Crippen molar-refractivity contribution in [1.29, 1.82) is 0 Å². The van der Waals surface area contributed by atoms with E-state index in [1.165, 1.54) is 25.1 Å². The molecular formula is C21H26Cl2N2O4S. The molecule has 2 aromatic carbocycles. The Bertz CT molecular complexity index is 1010. The van der Waals surface area contributed by atoms with Gasteiger partial charge >= 0.3 is 0 Å². The van der Waals surface area contributed by atoms with Crippen LogP contribution in [0, 0.1) is 6.92 Å². The van der Waals surface area contributed by atoms with Gasteiger partial charge in [0.05, 0.1) is 25.1 Å². The minimum absolute atomic E-state index is 0.228. The van der Waals surface area contributed by atoms with Gasteiger partial charge in [-0.1, -0.05) is 42.3 Å². The average Bonchev–Trinajstić information content (AvgIpc) is 2.63. The zero-order valence-electron chi connectivity index (χ0n) is 17.6. The maximum Gasteiger partial charge on any atom is 0.244 e. The second kappa shape index (κ2) is 9.90. The Hall–Kier alpha value is -1.96. The van der Waals surface area contributed by atoms with Crippen LogP contribution in [0.2, 0.25) is 10.0 Å². The number of methoxy groups -OCH3 is 1. The number of halogens is 2. The van der Waals surface area contributed by atoms with Crippen molar-refractivity contribution >= 4 is 44.8 Å². The SMILES string of the molecule is CC[C@H](NC(=O)[C@@H](C)N(c1cc(Cl)cc(Cl)c1)S(C)(=O)=O)c1ccc(OC)c(C)c1. The van der Waals surface area contributed by atoms with E-state index < -0.39 is 22.0 Å². The first-order valence-corrected chi connectivity index (χ1v) is 12.0. The molecule has 0 aliphatic heterocycles. The van der Waals surface area contributed by atoms with Crippen molar-refractivity contribution in [3.63, 3.8) is 0 Å². The molecule has 0 saturated heterocycles. The number of nitrogens with one attached hydrogen (secondary N) is 1. The number of carbonyl (C=O) groups excluding carboxylic acids is 1. The molecule has 0 aliphatic rings. The van der Waals surface area contributed by atoms with Crippen LogP contribution < -0.4 is 14.4 Å². The quantitative estimate of drug-likeness (QED) is 0.602. The van der Waals surface area contributed by atoms with Crippen molar-refractivity contribution in [2.24, 2.45) is 0 Å². The fraction of sp³-hybridized carbons (Fsp3) is 0.381. The fourth-order valence-electron chi connectivity index (χ4n) is 3.31. The highest BCUT2D eigenvalue weighted by molar-refractivity contribution is 7.92. The van der Waals surface area contributed by atoms with Crippen LogP contribution in [0.3, 0.4) is 0 Å². The Morgan fingerprint density at radius 1 is 1.17 bits per heavy atom. The summed E-state index contributed by atoms with van der Waals surface area (Å²) in [6, 6.07) is 8.80. The lowest BCUT2D eigenvalue weighted by molar-refractivity contribution is -0.122. The highest BCUT2D eigenvalue weighted by Crippen LogP contribution is 2.29. The van der Waals surface area contributed by atoms with Gasteiger partial charge in [-0.05, 0) is 55.7 Å². The highest BCUT2D eigenvalue weighted by atomic mass is 35.5. The van der Waals surface area contributed by atoms with Crippen molar-refractivity contribution in [2.45, 2.75) is 39.3 Å². The molecule has 9 heteroatoms. The zero-order valence-corrected chi connectivity index (χ0v) is 19.9. The fourth-order valence-corrected chi connectivity index (χ4v) is 4.98. The van der Waals surface area contributed by atoms with Crippen LogP contribution in [0.25, 0.3) is 0 Å². The lowest BCUT2D eigenvalue weighted by Gasteiger charge is -2.30. The van der Waals surface area contributed by atoms with Crippen LogP contribution in [0.4, 0.5) is 5.69 Å². The van der Waals surface area contributed by atoms with Crippen molar-refractivity contribution in [2.75, 3.05) is 17.7 Å². The van der Waals surface area contributed by atoms with Gasteiger partial charge < -0.3 is 10.1 Å². The van der Waals surface area contributed by atoms with E-state index >= 15 is 0 Å². The topological polar surface area (TPSA) is 75.7 Å². The van der Waals surface area contributed by atoms with Crippen LogP contribution in [-0.4, -0.2) is 33.7 Å². The zero-order chi connectivity index (χ0) is 22.6. The predicted molar refractivity (Wildman–Crippen MR) is 122 cm³/mol. The van der Waals surface area contributed by atoms with Crippen molar-refractivity contribution in [3.05, 3.63) is 57.6 Å². The molecule has 2 rings (SSSR count). The first kappa shape index (κ1) is 24.3. The minimum atomic E-state index is -3.78. The second-order valence-electron chi connectivity index (χ2n) is 7.06. The Morgan fingerprint density at radius 3 is 2.23 bits per heavy atom. The van der Waals surface area contributed by atoms with Crippen LogP contribution in [0.5, 0.6) is 5.75 Å². The predicted octanol–water partition coefficient (Wildman–Crippen LogP) is 4.73. The molecule has 0 spiro atoms. The summed E-state index contributed by atoms with van der Waals surface area (Å²) >= 11 is 12.1. The number of hydrogen-bond acceptors (Lipinski definition) is 4. The number of amides is 1. The Labute approximate surface area is 188 Å². The maximum absolute atomic E-state index is 13.0. The van der Waals surface area contributed by atoms with E-state index in [1.807, 2.05) is 32.0 Å². The molecular weight excluding hydrogens is 447 g/mol. The number of rotatable bonds is 8. The number of aryl methyl sites for hydroxylation is 1. The number of hydrogen-bond donors (Lipinski definition) is 1. The van der Waals surface area contributed by atoms with Gasteiger partial charge in [0.2, 0.25) is 15.9 Å². The molecule has 0 aromatic heterocycles. The van der Waals surface area contributed by atoms with E-state index in [0.29, 0.717) is 6.42 Å². The summed E-state index contributed by atoms with van der Waals surface area (Å²) in [7, 11) is -2.18. The molecule has 2 atom stereocenters. The number of carbonyl (C=O) groups is 1. The van der Waals surface area contributed by atoms with Gasteiger partial charge in [0.1, 0.15) is 11.8 Å². The van der Waals surface area contributed by atoms with E-state index in [1.54, 1.807) is 7.11 Å². The Balaban J connectivity index is 2.33. The molecule has 0 unspecified atom stereocenters. The third-order valence-corrected chi connectivity index (χ3v) is 6.41. The first-order chi connectivity index (χ1) is 14.0. The standard InChI is InChI=1S/C21H26Cl2N2O4S/c1-6-19(15-7-8-20(29-4)13(2)9-15)24-21(26)14(3)25(30(5,27)28)18-11-16(22)10-17(23)12-18/h7-12,14,19H,6H2,1-5H3,(H,24,26)/t14-,19+/m1/s1. The van der Waals surface area contributed by atoms with Gasteiger partial charge in [-0.3, -0.25) is 9.10 Å². The molecule has 164 valence electrons. The highest BCUT2D eigenvalue weighted by Gasteiger charge is 2.30. The van der Waals surface area contributed by atoms with Gasteiger partial charge in [0, 0.05) is 10.0 Å². The van der Waals surface area contributed by atoms with E-state index in [2.05, 4.69) is 5.32 Å². The van der Waals surface area contributed by atoms with Crippen molar-refractivity contribution in [1.82, 2.24) is 5.32 Å². The molecule has 0 fully saturated rings. The van der Waals surface area contributed by atoms with E-state index in [-0.39, 0.29) is 21.8 Å². The molecule has 0 saturated carbocycles. The molecule has 1 amide bonds. The van der Waals surface area contributed by atoms with E-state index in [4.69, 9.17) is 27.9 Å². The van der Waals surface area contributed by atoms with Crippen molar-refractivity contribution in [3.8, 4) is 5.75 Å². The third kappa shape index (κ3) is 5.80. The summed E-state index contributed by atoms with van der Waals surface area (Å²) in [5.41, 5.74) is 2.08. The molecule has 30 heavy (non-hydrogen) atoms. The van der Waals surface area contributed by atoms with Gasteiger partial charge in [0.15, 0.2) is 0 Å². The first-order valence-electron chi connectivity index (χ1n) is 9.38. The van der Waals surface area contributed by atoms with Gasteiger partial charge in [-0.15, -0.1) is 0 Å². The summed E-state index contributed by atoms with van der Waals surface area (Å²) in [6.45, 7) is 5.39. The summed E-state index contributed by atoms with van der Waals surface area (Å²) in [6.07, 6.45) is 1.67. The molecule has 0 bridgehead atoms. The van der Waals surface area contributed by atoms with Gasteiger partial charge in [-0.25, -0.2) is 8.42 Å². The monoisotopic (exact) mass is 472 g/mol. The van der Waals surface area contributed by atoms with Crippen LogP contribution in [-0.2, 0) is 14.8 Å². The van der Waals surface area contributed by atoms with E-state index in [0.717, 1.165) is 27.4 Å². The Morgan fingerprint density at radius 2 is 1.77 bits per heavy atom. The van der Waals surface area contributed by atoms with E-state index in [9.17, 15) is 13.2 Å². The molecule has 6 nitrogen and oxygen atoms in total. The number of nitrogens with zero attached hydrogens (tertiary/aromatic N) is 1. The number of anilines is 1. The van der Waals surface area contributed by atoms with Crippen LogP contribution in [0.1, 0.15) is 37.4 Å². The summed E-state index contributed by atoms with van der Waals surface area (Å²) < 4.78 is 31.3. The van der Waals surface area contributed by atoms with Crippen LogP contribution in [0.15, 0.2) is 36.4 Å². The minimum Gasteiger partial charge on any atom is -0.496 e. The van der Waals surface area contributed by atoms with Gasteiger partial charge in [0.25, 0.3) is 0 Å². The van der Waals surface area contributed by atoms with Gasteiger partial charge in [-0.2, -0.15) is 0 Å². The molecule has 2 aromatic rings. The number of ether oxygens (including phenoxy) is 1. The molecule has 0 heterocycles. The maximum atomic E-state index is 13.0. The number of benzene rings is 2. The number of sulfonamides is 1. The Kier molecular flexibility index (Phi) is 8.02. The average molecular weight is 473 g/mol. The summed E-state index contributed by atoms with van der Waals surface area (Å²) in [5.74, 6) is 0.325. The van der Waals surface area contributed by atoms with Crippen LogP contribution >= 0.6 is 23.2 Å². The lowest BCUT2D eigenvalue weighted by Crippen LogP contribution is -2.48. The summed E-state index contributed by atoms with van der Waals surface area (Å²) in [5, 5.41) is 3.50. The summed E-state index contributed by atoms with van der Waals surface area (Å²) in [4.78, 5) is 13.0. The lowest BCUT2D eigenvalue weighted by atomic mass is 10.0. The smallest absolute Gasteiger partial charge is 0.244 e. The van der Waals surface area contributed by atoms with Crippen molar-refractivity contribution < 1.29 is 17.9 Å². The normalized spacial score (nSPS) is 13.4.